The molecule has 2 atom stereocenters. The normalized spacial score (nSPS) is 17.3. The van der Waals surface area contributed by atoms with Gasteiger partial charge in [-0.15, -0.1) is 0 Å². The van der Waals surface area contributed by atoms with Gasteiger partial charge >= 0.3 is 12.1 Å². The van der Waals surface area contributed by atoms with Crippen molar-refractivity contribution >= 4 is 17.7 Å². The molecule has 1 aliphatic heterocycles. The Morgan fingerprint density at radius 2 is 1.90 bits per heavy atom. The van der Waals surface area contributed by atoms with Gasteiger partial charge in [-0.2, -0.15) is 13.2 Å². The zero-order valence-electron chi connectivity index (χ0n) is 17.7. The Morgan fingerprint density at radius 3 is 2.52 bits per heavy atom. The molecule has 0 radical (unpaired) electrons. The molecule has 10 heteroatoms. The summed E-state index contributed by atoms with van der Waals surface area (Å²) in [5.41, 5.74) is 0.822. The first-order valence-corrected chi connectivity index (χ1v) is 10.3. The molecule has 172 valence electrons. The lowest BCUT2D eigenvalue weighted by Crippen LogP contribution is -2.51. The number of hydrogen-bond donors (Lipinski definition) is 2. The van der Waals surface area contributed by atoms with Crippen LogP contribution in [0.15, 0.2) is 30.3 Å². The minimum absolute atomic E-state index is 0.0999. The van der Waals surface area contributed by atoms with Gasteiger partial charge in [-0.25, -0.2) is 0 Å². The molecule has 0 unspecified atom stereocenters. The maximum Gasteiger partial charge on any atom is 0.471 e. The molecule has 1 aromatic rings. The van der Waals surface area contributed by atoms with E-state index in [-0.39, 0.29) is 37.9 Å². The number of hydrogen-bond acceptors (Lipinski definition) is 4. The molecule has 0 aromatic heterocycles. The minimum atomic E-state index is -4.98. The third kappa shape index (κ3) is 7.23. The summed E-state index contributed by atoms with van der Waals surface area (Å²) in [6.45, 7) is 1.49. The van der Waals surface area contributed by atoms with E-state index in [0.717, 1.165) is 10.5 Å². The van der Waals surface area contributed by atoms with Crippen molar-refractivity contribution in [3.8, 4) is 0 Å². The predicted octanol–water partition coefficient (Wildman–Crippen LogP) is 1.34. The van der Waals surface area contributed by atoms with Gasteiger partial charge < -0.3 is 20.4 Å². The summed E-state index contributed by atoms with van der Waals surface area (Å²) in [7, 11) is 1.62. The third-order valence-electron chi connectivity index (χ3n) is 5.41. The molecule has 3 amide bonds. The van der Waals surface area contributed by atoms with Gasteiger partial charge in [0.1, 0.15) is 0 Å². The van der Waals surface area contributed by atoms with E-state index in [0.29, 0.717) is 19.4 Å². The fourth-order valence-corrected chi connectivity index (χ4v) is 3.52. The second kappa shape index (κ2) is 11.1. The van der Waals surface area contributed by atoms with Crippen LogP contribution in [-0.4, -0.2) is 79.0 Å². The molecular formula is C21H29F3N4O3. The summed E-state index contributed by atoms with van der Waals surface area (Å²) in [6, 6.07) is 7.96. The van der Waals surface area contributed by atoms with Crippen LogP contribution < -0.4 is 10.6 Å². The van der Waals surface area contributed by atoms with Crippen LogP contribution in [0, 0.1) is 0 Å². The Kier molecular flexibility index (Phi) is 8.85. The molecule has 1 aliphatic rings. The van der Waals surface area contributed by atoms with Crippen LogP contribution in [0.1, 0.15) is 25.3 Å². The Labute approximate surface area is 180 Å². The monoisotopic (exact) mass is 442 g/mol. The lowest BCUT2D eigenvalue weighted by molar-refractivity contribution is -0.186. The first kappa shape index (κ1) is 24.6. The number of nitrogens with one attached hydrogen (secondary N) is 2. The lowest BCUT2D eigenvalue weighted by Gasteiger charge is -2.31. The molecule has 7 nitrogen and oxygen atoms in total. The predicted molar refractivity (Wildman–Crippen MR) is 109 cm³/mol. The molecule has 0 saturated carbocycles. The van der Waals surface area contributed by atoms with E-state index < -0.39 is 24.2 Å². The maximum atomic E-state index is 13.1. The van der Waals surface area contributed by atoms with E-state index in [9.17, 15) is 27.6 Å². The number of nitrogens with zero attached hydrogens (tertiary/aromatic N) is 2. The van der Waals surface area contributed by atoms with Crippen molar-refractivity contribution in [2.45, 2.75) is 44.4 Å². The van der Waals surface area contributed by atoms with Gasteiger partial charge in [-0.1, -0.05) is 30.3 Å². The highest BCUT2D eigenvalue weighted by Crippen LogP contribution is 2.23. The molecule has 0 spiro atoms. The molecule has 1 aromatic carbocycles. The number of likely N-dealkylation sites (tertiary alicyclic amines) is 1. The molecule has 0 bridgehead atoms. The highest BCUT2D eigenvalue weighted by atomic mass is 19.4. The van der Waals surface area contributed by atoms with Crippen LogP contribution in [0.3, 0.4) is 0 Å². The van der Waals surface area contributed by atoms with Gasteiger partial charge in [-0.3, -0.25) is 14.4 Å². The number of alkyl halides is 3. The Morgan fingerprint density at radius 1 is 1.23 bits per heavy atom. The van der Waals surface area contributed by atoms with Crippen LogP contribution in [0.4, 0.5) is 13.2 Å². The van der Waals surface area contributed by atoms with E-state index in [2.05, 4.69) is 10.6 Å². The fraction of sp³-hybridized carbons (Fsp3) is 0.571. The first-order valence-electron chi connectivity index (χ1n) is 10.3. The Balaban J connectivity index is 2.02. The fourth-order valence-electron chi connectivity index (χ4n) is 3.52. The van der Waals surface area contributed by atoms with Crippen LogP contribution >= 0.6 is 0 Å². The van der Waals surface area contributed by atoms with Gasteiger partial charge in [0.05, 0.1) is 12.6 Å². The first-order chi connectivity index (χ1) is 14.6. The highest BCUT2D eigenvalue weighted by Gasteiger charge is 2.43. The van der Waals surface area contributed by atoms with Crippen LogP contribution in [0.2, 0.25) is 0 Å². The summed E-state index contributed by atoms with van der Waals surface area (Å²) in [5, 5.41) is 5.28. The van der Waals surface area contributed by atoms with E-state index in [1.807, 2.05) is 0 Å². The van der Waals surface area contributed by atoms with Crippen LogP contribution in [0.5, 0.6) is 0 Å². The number of amides is 3. The molecule has 0 aliphatic carbocycles. The number of carbonyl (C=O) groups is 3. The zero-order chi connectivity index (χ0) is 23.0. The lowest BCUT2D eigenvalue weighted by atomic mass is 10.1. The van der Waals surface area contributed by atoms with Crippen LogP contribution in [0.25, 0.3) is 0 Å². The number of halogens is 3. The van der Waals surface area contributed by atoms with Crippen molar-refractivity contribution in [1.82, 2.24) is 20.4 Å². The van der Waals surface area contributed by atoms with Gasteiger partial charge in [0, 0.05) is 25.7 Å². The molecular weight excluding hydrogens is 413 g/mol. The van der Waals surface area contributed by atoms with Gasteiger partial charge in [-0.05, 0) is 38.8 Å². The van der Waals surface area contributed by atoms with E-state index >= 15 is 0 Å². The van der Waals surface area contributed by atoms with Crippen molar-refractivity contribution in [2.24, 2.45) is 0 Å². The summed E-state index contributed by atoms with van der Waals surface area (Å²) >= 11 is 0. The number of likely N-dealkylation sites (N-methyl/N-ethyl adjacent to an activating group) is 1. The maximum absolute atomic E-state index is 13.1. The molecule has 2 rings (SSSR count). The van der Waals surface area contributed by atoms with E-state index in [1.54, 1.807) is 44.3 Å². The molecule has 1 heterocycles. The molecule has 2 N–H and O–H groups in total. The smallest absolute Gasteiger partial charge is 0.346 e. The standard InChI is InChI=1S/C21H29F3N4O3/c1-15(25-2)19(30)26-13-18(29)28-11-6-9-17(28)14-27(20(31)21(22,23)24)12-10-16-7-4-3-5-8-16/h3-5,7-8,15,17,25H,6,9-14H2,1-2H3,(H,26,30)/t15-,17-/m0/s1. The summed E-state index contributed by atoms with van der Waals surface area (Å²) in [5.74, 6) is -2.62. The minimum Gasteiger partial charge on any atom is -0.346 e. The van der Waals surface area contributed by atoms with Crippen molar-refractivity contribution in [3.63, 3.8) is 0 Å². The third-order valence-corrected chi connectivity index (χ3v) is 5.41. The number of rotatable bonds is 9. The van der Waals surface area contributed by atoms with Gasteiger partial charge in [0.25, 0.3) is 0 Å². The number of benzene rings is 1. The Hall–Kier alpha value is -2.62. The summed E-state index contributed by atoms with van der Waals surface area (Å²) < 4.78 is 39.4. The average molecular weight is 442 g/mol. The van der Waals surface area contributed by atoms with Crippen molar-refractivity contribution < 1.29 is 27.6 Å². The van der Waals surface area contributed by atoms with Gasteiger partial charge in [0.2, 0.25) is 11.8 Å². The molecule has 31 heavy (non-hydrogen) atoms. The quantitative estimate of drug-likeness (QED) is 0.605. The Bertz CT molecular complexity index is 758. The van der Waals surface area contributed by atoms with Crippen molar-refractivity contribution in [3.05, 3.63) is 35.9 Å². The highest BCUT2D eigenvalue weighted by molar-refractivity contribution is 5.87. The zero-order valence-corrected chi connectivity index (χ0v) is 17.7. The topological polar surface area (TPSA) is 81.8 Å². The molecule has 1 saturated heterocycles. The summed E-state index contributed by atoms with van der Waals surface area (Å²) in [4.78, 5) is 38.7. The van der Waals surface area contributed by atoms with E-state index in [4.69, 9.17) is 0 Å². The second-order valence-corrected chi connectivity index (χ2v) is 7.60. The SMILES string of the molecule is CN[C@@H](C)C(=O)NCC(=O)N1CCC[C@H]1CN(CCc1ccccc1)C(=O)C(F)(F)F. The largest absolute Gasteiger partial charge is 0.471 e. The van der Waals surface area contributed by atoms with E-state index in [1.165, 1.54) is 4.90 Å². The summed E-state index contributed by atoms with van der Waals surface area (Å²) in [6.07, 6.45) is -3.58. The number of carbonyl (C=O) groups excluding carboxylic acids is 3. The van der Waals surface area contributed by atoms with Crippen molar-refractivity contribution in [2.75, 3.05) is 33.2 Å². The van der Waals surface area contributed by atoms with Crippen molar-refractivity contribution in [1.29, 1.82) is 0 Å². The molecule has 1 fully saturated rings. The van der Waals surface area contributed by atoms with Crippen LogP contribution in [-0.2, 0) is 20.8 Å². The second-order valence-electron chi connectivity index (χ2n) is 7.60. The van der Waals surface area contributed by atoms with Gasteiger partial charge in [0.15, 0.2) is 0 Å². The average Bonchev–Trinajstić information content (AvgIpc) is 3.21.